The number of methoxy groups -OCH3 is 2. The Bertz CT molecular complexity index is 482. The molecule has 5 nitrogen and oxygen atoms in total. The molecule has 0 spiro atoms. The number of oxazole rings is 1. The van der Waals surface area contributed by atoms with Crippen molar-refractivity contribution in [2.75, 3.05) is 14.2 Å². The van der Waals surface area contributed by atoms with Crippen LogP contribution < -0.4 is 0 Å². The number of carbonyl (C=O) groups is 1. The van der Waals surface area contributed by atoms with E-state index in [2.05, 4.69) is 4.98 Å². The van der Waals surface area contributed by atoms with Gasteiger partial charge in [-0.05, 0) is 31.1 Å². The van der Waals surface area contributed by atoms with Crippen LogP contribution >= 0.6 is 0 Å². The van der Waals surface area contributed by atoms with Crippen LogP contribution in [-0.2, 0) is 16.1 Å². The number of hydrogen-bond donors (Lipinski definition) is 0. The molecule has 0 radical (unpaired) electrons. The van der Waals surface area contributed by atoms with Crippen molar-refractivity contribution in [1.82, 2.24) is 4.98 Å². The van der Waals surface area contributed by atoms with Gasteiger partial charge < -0.3 is 13.9 Å². The summed E-state index contributed by atoms with van der Waals surface area (Å²) in [7, 11) is 2.92. The standard InChI is InChI=1S/C14H19NO4/c1-17-7-11-12(14(16)18-2)19-13(15-11)10-6-8-3-4-9(10)5-8/h8-10H,3-7H2,1-2H3. The lowest BCUT2D eigenvalue weighted by Gasteiger charge is -2.17. The first-order valence-corrected chi connectivity index (χ1v) is 6.79. The Kier molecular flexibility index (Phi) is 3.31. The zero-order valence-electron chi connectivity index (χ0n) is 11.3. The van der Waals surface area contributed by atoms with E-state index in [-0.39, 0.29) is 12.4 Å². The maximum atomic E-state index is 11.7. The van der Waals surface area contributed by atoms with Crippen LogP contribution in [0.2, 0.25) is 0 Å². The third kappa shape index (κ3) is 2.16. The maximum Gasteiger partial charge on any atom is 0.376 e. The summed E-state index contributed by atoms with van der Waals surface area (Å²) in [4.78, 5) is 16.2. The van der Waals surface area contributed by atoms with Gasteiger partial charge in [0, 0.05) is 13.0 Å². The average molecular weight is 265 g/mol. The van der Waals surface area contributed by atoms with Crippen LogP contribution in [0.3, 0.4) is 0 Å². The molecule has 19 heavy (non-hydrogen) atoms. The lowest BCUT2D eigenvalue weighted by Crippen LogP contribution is -2.08. The fourth-order valence-corrected chi connectivity index (χ4v) is 3.56. The maximum absolute atomic E-state index is 11.7. The average Bonchev–Trinajstić information content (AvgIpc) is 3.12. The number of hydrogen-bond acceptors (Lipinski definition) is 5. The van der Waals surface area contributed by atoms with Gasteiger partial charge in [-0.2, -0.15) is 0 Å². The molecule has 1 aromatic rings. The van der Waals surface area contributed by atoms with Crippen molar-refractivity contribution >= 4 is 5.97 Å². The third-order valence-electron chi connectivity index (χ3n) is 4.42. The van der Waals surface area contributed by atoms with Crippen LogP contribution in [0.1, 0.15) is 53.7 Å². The van der Waals surface area contributed by atoms with E-state index in [9.17, 15) is 4.79 Å². The van der Waals surface area contributed by atoms with Gasteiger partial charge in [-0.1, -0.05) is 6.42 Å². The lowest BCUT2D eigenvalue weighted by atomic mass is 9.89. The van der Waals surface area contributed by atoms with E-state index in [4.69, 9.17) is 13.9 Å². The molecule has 2 aliphatic rings. The summed E-state index contributed by atoms with van der Waals surface area (Å²) in [6, 6.07) is 0. The molecule has 104 valence electrons. The molecule has 5 heteroatoms. The zero-order chi connectivity index (χ0) is 13.4. The first kappa shape index (κ1) is 12.7. The molecule has 1 aromatic heterocycles. The normalized spacial score (nSPS) is 28.8. The molecular formula is C14H19NO4. The highest BCUT2D eigenvalue weighted by Crippen LogP contribution is 2.52. The number of ether oxygens (including phenoxy) is 2. The zero-order valence-corrected chi connectivity index (χ0v) is 11.3. The number of esters is 1. The fourth-order valence-electron chi connectivity index (χ4n) is 3.56. The van der Waals surface area contributed by atoms with Crippen molar-refractivity contribution in [1.29, 1.82) is 0 Å². The number of rotatable bonds is 4. The largest absolute Gasteiger partial charge is 0.463 e. The van der Waals surface area contributed by atoms with E-state index >= 15 is 0 Å². The van der Waals surface area contributed by atoms with Gasteiger partial charge in [-0.3, -0.25) is 0 Å². The van der Waals surface area contributed by atoms with Crippen molar-refractivity contribution in [2.45, 2.75) is 38.2 Å². The second-order valence-electron chi connectivity index (χ2n) is 5.53. The summed E-state index contributed by atoms with van der Waals surface area (Å²) >= 11 is 0. The van der Waals surface area contributed by atoms with Gasteiger partial charge in [-0.15, -0.1) is 0 Å². The Labute approximate surface area is 112 Å². The molecule has 0 aromatic carbocycles. The molecule has 0 aliphatic heterocycles. The molecule has 3 atom stereocenters. The highest BCUT2D eigenvalue weighted by molar-refractivity contribution is 5.87. The van der Waals surface area contributed by atoms with E-state index in [1.54, 1.807) is 7.11 Å². The Hall–Kier alpha value is -1.36. The van der Waals surface area contributed by atoms with Gasteiger partial charge in [0.2, 0.25) is 5.76 Å². The summed E-state index contributed by atoms with van der Waals surface area (Å²) in [5, 5.41) is 0. The summed E-state index contributed by atoms with van der Waals surface area (Å²) in [5.41, 5.74) is 0.548. The van der Waals surface area contributed by atoms with E-state index in [1.807, 2.05) is 0 Å². The molecule has 0 saturated heterocycles. The first-order valence-electron chi connectivity index (χ1n) is 6.79. The highest BCUT2D eigenvalue weighted by Gasteiger charge is 2.43. The monoisotopic (exact) mass is 265 g/mol. The Morgan fingerprint density at radius 2 is 2.21 bits per heavy atom. The molecule has 2 saturated carbocycles. The van der Waals surface area contributed by atoms with Crippen LogP contribution in [0.5, 0.6) is 0 Å². The third-order valence-corrected chi connectivity index (χ3v) is 4.42. The number of carbonyl (C=O) groups excluding carboxylic acids is 1. The van der Waals surface area contributed by atoms with Gasteiger partial charge in [0.1, 0.15) is 5.69 Å². The van der Waals surface area contributed by atoms with Crippen molar-refractivity contribution in [2.24, 2.45) is 11.8 Å². The van der Waals surface area contributed by atoms with Crippen molar-refractivity contribution in [3.63, 3.8) is 0 Å². The first-order chi connectivity index (χ1) is 9.22. The minimum Gasteiger partial charge on any atom is -0.463 e. The molecule has 1 heterocycles. The highest BCUT2D eigenvalue weighted by atomic mass is 16.5. The van der Waals surface area contributed by atoms with Gasteiger partial charge in [0.05, 0.1) is 13.7 Å². The summed E-state index contributed by atoms with van der Waals surface area (Å²) in [5.74, 6) is 2.27. The lowest BCUT2D eigenvalue weighted by molar-refractivity contribution is 0.0555. The topological polar surface area (TPSA) is 61.6 Å². The minimum atomic E-state index is -0.478. The van der Waals surface area contributed by atoms with Crippen molar-refractivity contribution in [3.8, 4) is 0 Å². The fraction of sp³-hybridized carbons (Fsp3) is 0.714. The molecule has 0 amide bonds. The second-order valence-corrected chi connectivity index (χ2v) is 5.53. The quantitative estimate of drug-likeness (QED) is 0.783. The van der Waals surface area contributed by atoms with Crippen LogP contribution in [0.25, 0.3) is 0 Å². The summed E-state index contributed by atoms with van der Waals surface area (Å²) < 4.78 is 15.5. The number of fused-ring (bicyclic) bond motifs is 2. The number of aromatic nitrogens is 1. The van der Waals surface area contributed by atoms with Gasteiger partial charge in [0.15, 0.2) is 5.89 Å². The smallest absolute Gasteiger partial charge is 0.376 e. The predicted molar refractivity (Wildman–Crippen MR) is 66.7 cm³/mol. The molecule has 3 unspecified atom stereocenters. The Balaban J connectivity index is 1.88. The van der Waals surface area contributed by atoms with Crippen LogP contribution in [0, 0.1) is 11.8 Å². The van der Waals surface area contributed by atoms with E-state index in [0.717, 1.165) is 12.3 Å². The Morgan fingerprint density at radius 1 is 1.37 bits per heavy atom. The van der Waals surface area contributed by atoms with E-state index in [0.29, 0.717) is 23.4 Å². The van der Waals surface area contributed by atoms with Crippen LogP contribution in [0.15, 0.2) is 4.42 Å². The second kappa shape index (κ2) is 4.96. The molecule has 3 rings (SSSR count). The molecule has 2 fully saturated rings. The van der Waals surface area contributed by atoms with E-state index < -0.39 is 5.97 Å². The Morgan fingerprint density at radius 3 is 2.79 bits per heavy atom. The minimum absolute atomic E-state index is 0.196. The van der Waals surface area contributed by atoms with Gasteiger partial charge >= 0.3 is 5.97 Å². The molecular weight excluding hydrogens is 246 g/mol. The van der Waals surface area contributed by atoms with E-state index in [1.165, 1.54) is 26.4 Å². The molecule has 2 aliphatic carbocycles. The summed E-state index contributed by atoms with van der Waals surface area (Å²) in [6.07, 6.45) is 5.00. The van der Waals surface area contributed by atoms with Gasteiger partial charge in [0.25, 0.3) is 0 Å². The summed E-state index contributed by atoms with van der Waals surface area (Å²) in [6.45, 7) is 0.273. The van der Waals surface area contributed by atoms with Crippen LogP contribution in [0.4, 0.5) is 0 Å². The van der Waals surface area contributed by atoms with Crippen molar-refractivity contribution < 1.29 is 18.7 Å². The van der Waals surface area contributed by atoms with Crippen molar-refractivity contribution in [3.05, 3.63) is 17.3 Å². The predicted octanol–water partition coefficient (Wildman–Crippen LogP) is 2.51. The van der Waals surface area contributed by atoms with Crippen LogP contribution in [-0.4, -0.2) is 25.2 Å². The number of nitrogens with zero attached hydrogens (tertiary/aromatic N) is 1. The molecule has 2 bridgehead atoms. The van der Waals surface area contributed by atoms with Gasteiger partial charge in [-0.25, -0.2) is 9.78 Å². The molecule has 0 N–H and O–H groups in total. The SMILES string of the molecule is COCc1nc(C2CC3CCC2C3)oc1C(=O)OC.